The zero-order valence-electron chi connectivity index (χ0n) is 11.5. The smallest absolute Gasteiger partial charge is 0.161 e. The summed E-state index contributed by atoms with van der Waals surface area (Å²) in [4.78, 5) is 0. The molecule has 0 fully saturated rings. The van der Waals surface area contributed by atoms with Crippen molar-refractivity contribution < 1.29 is 9.47 Å². The minimum absolute atomic E-state index is 0.627. The van der Waals surface area contributed by atoms with Crippen LogP contribution in [-0.4, -0.2) is 19.8 Å². The maximum atomic E-state index is 5.62. The molecule has 0 bridgehead atoms. The van der Waals surface area contributed by atoms with Crippen LogP contribution >= 0.6 is 0 Å². The van der Waals surface area contributed by atoms with Crippen LogP contribution in [0.3, 0.4) is 0 Å². The van der Waals surface area contributed by atoms with Crippen molar-refractivity contribution in [2.45, 2.75) is 12.8 Å². The fourth-order valence-corrected chi connectivity index (χ4v) is 2.50. The molecule has 0 saturated carbocycles. The number of hydrogen-bond acceptors (Lipinski definition) is 3. The van der Waals surface area contributed by atoms with Gasteiger partial charge in [-0.3, -0.25) is 0 Å². The molecule has 3 nitrogen and oxygen atoms in total. The molecule has 2 N–H and O–H groups in total. The summed E-state index contributed by atoms with van der Waals surface area (Å²) >= 11 is 0. The van der Waals surface area contributed by atoms with Crippen LogP contribution < -0.4 is 15.2 Å². The van der Waals surface area contributed by atoms with Gasteiger partial charge in [0.15, 0.2) is 11.5 Å². The zero-order valence-corrected chi connectivity index (χ0v) is 11.5. The van der Waals surface area contributed by atoms with E-state index >= 15 is 0 Å². The fourth-order valence-electron chi connectivity index (χ4n) is 2.50. The monoisotopic (exact) mass is 269 g/mol. The summed E-state index contributed by atoms with van der Waals surface area (Å²) in [6, 6.07) is 14.8. The maximum absolute atomic E-state index is 5.62. The molecule has 1 heterocycles. The first-order chi connectivity index (χ1) is 9.85. The average Bonchev–Trinajstić information content (AvgIpc) is 2.48. The largest absolute Gasteiger partial charge is 0.486 e. The molecule has 1 aliphatic rings. The highest BCUT2D eigenvalue weighted by Crippen LogP contribution is 2.31. The van der Waals surface area contributed by atoms with Crippen LogP contribution in [0.4, 0.5) is 0 Å². The van der Waals surface area contributed by atoms with Crippen molar-refractivity contribution in [1.82, 2.24) is 0 Å². The molecule has 1 aliphatic heterocycles. The summed E-state index contributed by atoms with van der Waals surface area (Å²) in [5, 5.41) is 0. The molecular formula is C17H19NO2. The molecule has 2 aromatic rings. The van der Waals surface area contributed by atoms with Gasteiger partial charge in [0, 0.05) is 0 Å². The molecule has 0 aliphatic carbocycles. The highest BCUT2D eigenvalue weighted by Gasteiger charge is 2.11. The third-order valence-electron chi connectivity index (χ3n) is 3.44. The Labute approximate surface area is 119 Å². The normalized spacial score (nSPS) is 13.2. The van der Waals surface area contributed by atoms with E-state index in [0.29, 0.717) is 19.8 Å². The minimum atomic E-state index is 0.627. The van der Waals surface area contributed by atoms with Crippen LogP contribution in [0.5, 0.6) is 11.5 Å². The van der Waals surface area contributed by atoms with E-state index in [-0.39, 0.29) is 0 Å². The van der Waals surface area contributed by atoms with Crippen molar-refractivity contribution in [1.29, 1.82) is 0 Å². The lowest BCUT2D eigenvalue weighted by atomic mass is 10.0. The lowest BCUT2D eigenvalue weighted by Crippen LogP contribution is -2.15. The predicted molar refractivity (Wildman–Crippen MR) is 79.4 cm³/mol. The van der Waals surface area contributed by atoms with Crippen molar-refractivity contribution >= 4 is 0 Å². The summed E-state index contributed by atoms with van der Waals surface area (Å²) in [7, 11) is 0. The van der Waals surface area contributed by atoms with E-state index in [2.05, 4.69) is 36.4 Å². The Hall–Kier alpha value is -2.00. The summed E-state index contributed by atoms with van der Waals surface area (Å²) in [5.74, 6) is 1.70. The van der Waals surface area contributed by atoms with Gasteiger partial charge in [0.05, 0.1) is 0 Å². The minimum Gasteiger partial charge on any atom is -0.486 e. The third kappa shape index (κ3) is 2.94. The van der Waals surface area contributed by atoms with Crippen LogP contribution in [0.25, 0.3) is 0 Å². The molecule has 0 amide bonds. The van der Waals surface area contributed by atoms with E-state index in [1.54, 1.807) is 0 Å². The van der Waals surface area contributed by atoms with Crippen molar-refractivity contribution in [3.63, 3.8) is 0 Å². The lowest BCUT2D eigenvalue weighted by Gasteiger charge is -2.19. The second kappa shape index (κ2) is 5.97. The molecule has 0 radical (unpaired) electrons. The average molecular weight is 269 g/mol. The number of benzene rings is 2. The fraction of sp³-hybridized carbons (Fsp3) is 0.294. The molecule has 0 atom stereocenters. The second-order valence-electron chi connectivity index (χ2n) is 5.01. The van der Waals surface area contributed by atoms with Crippen molar-refractivity contribution in [3.8, 4) is 11.5 Å². The van der Waals surface area contributed by atoms with Crippen LogP contribution in [0.15, 0.2) is 42.5 Å². The number of fused-ring (bicyclic) bond motifs is 1. The van der Waals surface area contributed by atoms with Gasteiger partial charge in [-0.15, -0.1) is 0 Å². The van der Waals surface area contributed by atoms with Crippen molar-refractivity contribution in [2.24, 2.45) is 5.73 Å². The van der Waals surface area contributed by atoms with E-state index in [4.69, 9.17) is 15.2 Å². The van der Waals surface area contributed by atoms with Gasteiger partial charge in [0.1, 0.15) is 13.2 Å². The summed E-state index contributed by atoms with van der Waals surface area (Å²) in [5.41, 5.74) is 9.44. The molecule has 104 valence electrons. The topological polar surface area (TPSA) is 44.5 Å². The molecule has 3 heteroatoms. The lowest BCUT2D eigenvalue weighted by molar-refractivity contribution is 0.171. The Balaban J connectivity index is 1.78. The Morgan fingerprint density at radius 3 is 2.45 bits per heavy atom. The van der Waals surface area contributed by atoms with Gasteiger partial charge in [-0.1, -0.05) is 30.3 Å². The molecule has 0 spiro atoms. The van der Waals surface area contributed by atoms with Gasteiger partial charge < -0.3 is 15.2 Å². The molecule has 3 rings (SSSR count). The van der Waals surface area contributed by atoms with Crippen molar-refractivity contribution in [3.05, 3.63) is 59.2 Å². The van der Waals surface area contributed by atoms with E-state index < -0.39 is 0 Å². The predicted octanol–water partition coefficient (Wildman–Crippen LogP) is 2.55. The third-order valence-corrected chi connectivity index (χ3v) is 3.44. The number of rotatable bonds is 4. The number of ether oxygens (including phenoxy) is 2. The van der Waals surface area contributed by atoms with Crippen LogP contribution in [0.1, 0.15) is 16.7 Å². The van der Waals surface area contributed by atoms with E-state index in [1.807, 2.05) is 6.07 Å². The SMILES string of the molecule is NCCc1cccc(Cc2ccc3c(c2)OCCO3)c1. The molecule has 0 unspecified atom stereocenters. The number of hydrogen-bond donors (Lipinski definition) is 1. The second-order valence-corrected chi connectivity index (χ2v) is 5.01. The van der Waals surface area contributed by atoms with Crippen LogP contribution in [0.2, 0.25) is 0 Å². The van der Waals surface area contributed by atoms with E-state index in [0.717, 1.165) is 24.3 Å². The van der Waals surface area contributed by atoms with Gasteiger partial charge in [-0.05, 0) is 48.2 Å². The summed E-state index contributed by atoms with van der Waals surface area (Å²) < 4.78 is 11.2. The highest BCUT2D eigenvalue weighted by molar-refractivity contribution is 5.45. The van der Waals surface area contributed by atoms with Crippen LogP contribution in [0, 0.1) is 0 Å². The number of nitrogens with two attached hydrogens (primary N) is 1. The summed E-state index contributed by atoms with van der Waals surface area (Å²) in [6.45, 7) is 1.95. The Morgan fingerprint density at radius 1 is 0.850 bits per heavy atom. The molecule has 0 saturated heterocycles. The molecule has 20 heavy (non-hydrogen) atoms. The van der Waals surface area contributed by atoms with Gasteiger partial charge in [-0.2, -0.15) is 0 Å². The van der Waals surface area contributed by atoms with Crippen LogP contribution in [-0.2, 0) is 12.8 Å². The standard InChI is InChI=1S/C17H19NO2/c18-7-6-13-2-1-3-14(10-13)11-15-4-5-16-17(12-15)20-9-8-19-16/h1-5,10,12H,6-9,11,18H2. The highest BCUT2D eigenvalue weighted by atomic mass is 16.6. The molecule has 0 aromatic heterocycles. The van der Waals surface area contributed by atoms with Gasteiger partial charge in [0.25, 0.3) is 0 Å². The van der Waals surface area contributed by atoms with Crippen molar-refractivity contribution in [2.75, 3.05) is 19.8 Å². The first-order valence-electron chi connectivity index (χ1n) is 7.01. The van der Waals surface area contributed by atoms with E-state index in [1.165, 1.54) is 16.7 Å². The zero-order chi connectivity index (χ0) is 13.8. The van der Waals surface area contributed by atoms with Gasteiger partial charge in [-0.25, -0.2) is 0 Å². The maximum Gasteiger partial charge on any atom is 0.161 e. The Kier molecular flexibility index (Phi) is 3.88. The van der Waals surface area contributed by atoms with Gasteiger partial charge in [0.2, 0.25) is 0 Å². The first kappa shape index (κ1) is 13.0. The van der Waals surface area contributed by atoms with E-state index in [9.17, 15) is 0 Å². The van der Waals surface area contributed by atoms with Gasteiger partial charge >= 0.3 is 0 Å². The molecular weight excluding hydrogens is 250 g/mol. The Bertz CT molecular complexity index is 595. The quantitative estimate of drug-likeness (QED) is 0.927. The summed E-state index contributed by atoms with van der Waals surface area (Å²) in [6.07, 6.45) is 1.82. The Morgan fingerprint density at radius 2 is 1.60 bits per heavy atom. The molecule has 2 aromatic carbocycles. The first-order valence-corrected chi connectivity index (χ1v) is 7.01.